The second-order valence-electron chi connectivity index (χ2n) is 5.53. The Morgan fingerprint density at radius 3 is 2.59 bits per heavy atom. The molecule has 0 heterocycles. The molecule has 94 valence electrons. The summed E-state index contributed by atoms with van der Waals surface area (Å²) in [7, 11) is 1.74. The maximum absolute atomic E-state index is 9.52. The molecule has 0 saturated heterocycles. The lowest BCUT2D eigenvalue weighted by Gasteiger charge is -2.28. The van der Waals surface area contributed by atoms with E-state index in [0.29, 0.717) is 0 Å². The molecule has 0 saturated carbocycles. The highest BCUT2D eigenvalue weighted by Gasteiger charge is 2.27. The van der Waals surface area contributed by atoms with Crippen LogP contribution in [0.1, 0.15) is 43.4 Å². The quantitative estimate of drug-likeness (QED) is 0.871. The molecule has 1 aromatic carbocycles. The standard InChI is InChI=1S/C15H22O2/c1-15(2,10-16)13-9-8-11-6-4-5-7-12(11)14(13)17-3/h8-9,16H,4-7,10H2,1-3H3. The zero-order valence-electron chi connectivity index (χ0n) is 11.0. The predicted molar refractivity (Wildman–Crippen MR) is 69.7 cm³/mol. The van der Waals surface area contributed by atoms with Crippen LogP contribution in [-0.2, 0) is 18.3 Å². The fourth-order valence-electron chi connectivity index (χ4n) is 2.65. The molecule has 1 aliphatic rings. The number of aliphatic hydroxyl groups is 1. The molecule has 0 bridgehead atoms. The van der Waals surface area contributed by atoms with Crippen LogP contribution in [0.15, 0.2) is 12.1 Å². The molecule has 0 amide bonds. The molecule has 0 aliphatic heterocycles. The van der Waals surface area contributed by atoms with Gasteiger partial charge in [0.15, 0.2) is 0 Å². The van der Waals surface area contributed by atoms with Gasteiger partial charge in [-0.2, -0.15) is 0 Å². The van der Waals surface area contributed by atoms with Gasteiger partial charge >= 0.3 is 0 Å². The molecule has 0 atom stereocenters. The number of hydrogen-bond donors (Lipinski definition) is 1. The minimum atomic E-state index is -0.238. The van der Waals surface area contributed by atoms with Crippen LogP contribution in [0.3, 0.4) is 0 Å². The molecule has 2 heteroatoms. The molecule has 17 heavy (non-hydrogen) atoms. The maximum Gasteiger partial charge on any atom is 0.126 e. The summed E-state index contributed by atoms with van der Waals surface area (Å²) in [6.45, 7) is 4.25. The highest BCUT2D eigenvalue weighted by molar-refractivity contribution is 5.50. The number of ether oxygens (including phenoxy) is 1. The van der Waals surface area contributed by atoms with E-state index in [9.17, 15) is 5.11 Å². The molecule has 0 spiro atoms. The van der Waals surface area contributed by atoms with Gasteiger partial charge < -0.3 is 9.84 Å². The third-order valence-corrected chi connectivity index (χ3v) is 3.81. The zero-order valence-corrected chi connectivity index (χ0v) is 11.0. The first-order valence-electron chi connectivity index (χ1n) is 6.40. The van der Waals surface area contributed by atoms with Crippen LogP contribution in [0, 0.1) is 0 Å². The molecule has 1 aliphatic carbocycles. The van der Waals surface area contributed by atoms with Crippen molar-refractivity contribution in [2.75, 3.05) is 13.7 Å². The van der Waals surface area contributed by atoms with Gasteiger partial charge in [0.05, 0.1) is 13.7 Å². The number of methoxy groups -OCH3 is 1. The van der Waals surface area contributed by atoms with Crippen molar-refractivity contribution in [1.29, 1.82) is 0 Å². The van der Waals surface area contributed by atoms with E-state index in [1.54, 1.807) is 7.11 Å². The Balaban J connectivity index is 2.54. The van der Waals surface area contributed by atoms with Gasteiger partial charge in [-0.15, -0.1) is 0 Å². The molecule has 0 radical (unpaired) electrons. The average molecular weight is 234 g/mol. The van der Waals surface area contributed by atoms with Gasteiger partial charge in [-0.1, -0.05) is 26.0 Å². The van der Waals surface area contributed by atoms with Crippen LogP contribution < -0.4 is 4.74 Å². The van der Waals surface area contributed by atoms with Crippen molar-refractivity contribution in [1.82, 2.24) is 0 Å². The van der Waals surface area contributed by atoms with Crippen molar-refractivity contribution in [2.24, 2.45) is 0 Å². The van der Waals surface area contributed by atoms with E-state index in [4.69, 9.17) is 4.74 Å². The summed E-state index contributed by atoms with van der Waals surface area (Å²) in [6, 6.07) is 4.34. The Bertz CT molecular complexity index is 408. The van der Waals surface area contributed by atoms with E-state index in [1.807, 2.05) is 0 Å². The lowest BCUT2D eigenvalue weighted by atomic mass is 9.80. The van der Waals surface area contributed by atoms with E-state index in [0.717, 1.165) is 24.2 Å². The van der Waals surface area contributed by atoms with E-state index in [1.165, 1.54) is 24.0 Å². The van der Waals surface area contributed by atoms with Gasteiger partial charge in [0.1, 0.15) is 5.75 Å². The summed E-state index contributed by atoms with van der Waals surface area (Å²) in [4.78, 5) is 0. The fraction of sp³-hybridized carbons (Fsp3) is 0.600. The SMILES string of the molecule is COc1c(C(C)(C)CO)ccc2c1CCCC2. The molecular formula is C15H22O2. The molecule has 1 aromatic rings. The van der Waals surface area contributed by atoms with E-state index < -0.39 is 0 Å². The van der Waals surface area contributed by atoms with Gasteiger partial charge in [0, 0.05) is 11.0 Å². The number of hydrogen-bond acceptors (Lipinski definition) is 2. The number of aliphatic hydroxyl groups excluding tert-OH is 1. The van der Waals surface area contributed by atoms with Crippen LogP contribution in [0.5, 0.6) is 5.75 Å². The molecule has 0 fully saturated rings. The van der Waals surface area contributed by atoms with Crippen LogP contribution in [0.2, 0.25) is 0 Å². The normalized spacial score (nSPS) is 15.5. The Morgan fingerprint density at radius 1 is 1.24 bits per heavy atom. The van der Waals surface area contributed by atoms with Crippen molar-refractivity contribution in [2.45, 2.75) is 44.9 Å². The monoisotopic (exact) mass is 234 g/mol. The van der Waals surface area contributed by atoms with Crippen LogP contribution in [0.25, 0.3) is 0 Å². The summed E-state index contributed by atoms with van der Waals surface area (Å²) in [5.74, 6) is 1.00. The van der Waals surface area contributed by atoms with Crippen LogP contribution in [0.4, 0.5) is 0 Å². The van der Waals surface area contributed by atoms with Gasteiger partial charge in [-0.05, 0) is 36.8 Å². The summed E-state index contributed by atoms with van der Waals surface area (Å²) in [5, 5.41) is 9.52. The molecule has 0 aromatic heterocycles. The lowest BCUT2D eigenvalue weighted by molar-refractivity contribution is 0.214. The predicted octanol–water partition coefficient (Wildman–Crippen LogP) is 2.84. The zero-order chi connectivity index (χ0) is 12.5. The van der Waals surface area contributed by atoms with Gasteiger partial charge in [-0.25, -0.2) is 0 Å². The minimum Gasteiger partial charge on any atom is -0.496 e. The second kappa shape index (κ2) is 4.69. The number of benzene rings is 1. The summed E-state index contributed by atoms with van der Waals surface area (Å²) < 4.78 is 5.62. The largest absolute Gasteiger partial charge is 0.496 e. The average Bonchev–Trinajstić information content (AvgIpc) is 2.37. The molecule has 2 rings (SSSR count). The van der Waals surface area contributed by atoms with Crippen molar-refractivity contribution in [3.63, 3.8) is 0 Å². The Morgan fingerprint density at radius 2 is 1.94 bits per heavy atom. The van der Waals surface area contributed by atoms with Crippen molar-refractivity contribution in [3.8, 4) is 5.75 Å². The van der Waals surface area contributed by atoms with E-state index in [-0.39, 0.29) is 12.0 Å². The second-order valence-corrected chi connectivity index (χ2v) is 5.53. The number of fused-ring (bicyclic) bond motifs is 1. The van der Waals surface area contributed by atoms with Gasteiger partial charge in [-0.3, -0.25) is 0 Å². The third-order valence-electron chi connectivity index (χ3n) is 3.81. The number of rotatable bonds is 3. The molecule has 1 N–H and O–H groups in total. The Hall–Kier alpha value is -1.02. The van der Waals surface area contributed by atoms with E-state index >= 15 is 0 Å². The van der Waals surface area contributed by atoms with Crippen molar-refractivity contribution >= 4 is 0 Å². The summed E-state index contributed by atoms with van der Waals surface area (Å²) >= 11 is 0. The van der Waals surface area contributed by atoms with Crippen molar-refractivity contribution in [3.05, 3.63) is 28.8 Å². The van der Waals surface area contributed by atoms with Crippen molar-refractivity contribution < 1.29 is 9.84 Å². The van der Waals surface area contributed by atoms with Crippen LogP contribution in [-0.4, -0.2) is 18.8 Å². The Kier molecular flexibility index (Phi) is 3.43. The Labute approximate surface area is 104 Å². The van der Waals surface area contributed by atoms with Gasteiger partial charge in [0.2, 0.25) is 0 Å². The van der Waals surface area contributed by atoms with E-state index in [2.05, 4.69) is 26.0 Å². The maximum atomic E-state index is 9.52. The van der Waals surface area contributed by atoms with Gasteiger partial charge in [0.25, 0.3) is 0 Å². The summed E-state index contributed by atoms with van der Waals surface area (Å²) in [6.07, 6.45) is 4.78. The first-order chi connectivity index (χ1) is 8.10. The first-order valence-corrected chi connectivity index (χ1v) is 6.40. The highest BCUT2D eigenvalue weighted by atomic mass is 16.5. The minimum absolute atomic E-state index is 0.141. The van der Waals surface area contributed by atoms with Crippen LogP contribution >= 0.6 is 0 Å². The first kappa shape index (κ1) is 12.4. The third kappa shape index (κ3) is 2.19. The smallest absolute Gasteiger partial charge is 0.126 e. The fourth-order valence-corrected chi connectivity index (χ4v) is 2.65. The molecule has 2 nitrogen and oxygen atoms in total. The topological polar surface area (TPSA) is 29.5 Å². The molecule has 0 unspecified atom stereocenters. The lowest BCUT2D eigenvalue weighted by Crippen LogP contribution is -2.24. The number of aryl methyl sites for hydroxylation is 1. The summed E-state index contributed by atoms with van der Waals surface area (Å²) in [5.41, 5.74) is 3.67. The highest BCUT2D eigenvalue weighted by Crippen LogP contribution is 2.38. The molecular weight excluding hydrogens is 212 g/mol.